The molecule has 1 N–H and O–H groups in total. The van der Waals surface area contributed by atoms with Crippen LogP contribution in [-0.2, 0) is 13.1 Å². The smallest absolute Gasteiger partial charge is 0.0585 e. The zero-order chi connectivity index (χ0) is 6.97. The first-order valence-electron chi connectivity index (χ1n) is 3.41. The number of rotatable bonds is 0. The maximum Gasteiger partial charge on any atom is 0.0585 e. The van der Waals surface area contributed by atoms with E-state index in [-0.39, 0.29) is 0 Å². The van der Waals surface area contributed by atoms with Crippen LogP contribution in [0.2, 0.25) is 5.02 Å². The number of aromatic nitrogens is 1. The number of nitrogens with one attached hydrogen (secondary N) is 1. The Morgan fingerprint density at radius 3 is 3.30 bits per heavy atom. The minimum Gasteiger partial charge on any atom is -0.347 e. The summed E-state index contributed by atoms with van der Waals surface area (Å²) in [7, 11) is 0. The number of hydrogen-bond donors (Lipinski definition) is 1. The second-order valence-corrected chi connectivity index (χ2v) is 2.96. The van der Waals surface area contributed by atoms with Gasteiger partial charge in [-0.05, 0) is 6.07 Å². The van der Waals surface area contributed by atoms with E-state index in [4.69, 9.17) is 11.6 Å². The summed E-state index contributed by atoms with van der Waals surface area (Å²) >= 11 is 5.80. The first kappa shape index (κ1) is 6.25. The summed E-state index contributed by atoms with van der Waals surface area (Å²) in [5.74, 6) is 0. The molecular weight excluding hydrogens is 148 g/mol. The third-order valence-corrected chi connectivity index (χ3v) is 1.99. The van der Waals surface area contributed by atoms with Crippen molar-refractivity contribution < 1.29 is 0 Å². The van der Waals surface area contributed by atoms with E-state index < -0.39 is 0 Å². The molecule has 1 aromatic heterocycles. The van der Waals surface area contributed by atoms with Crippen LogP contribution in [0.5, 0.6) is 0 Å². The average Bonchev–Trinajstić information content (AvgIpc) is 2.27. The molecular formula is C7H9ClN2. The van der Waals surface area contributed by atoms with Crippen LogP contribution in [0.1, 0.15) is 5.69 Å². The Labute approximate surface area is 64.8 Å². The molecule has 1 aliphatic rings. The van der Waals surface area contributed by atoms with E-state index in [0.717, 1.165) is 24.7 Å². The highest BCUT2D eigenvalue weighted by atomic mass is 35.5. The molecule has 0 amide bonds. The Morgan fingerprint density at radius 1 is 1.60 bits per heavy atom. The van der Waals surface area contributed by atoms with Gasteiger partial charge in [-0.25, -0.2) is 0 Å². The number of fused-ring (bicyclic) bond motifs is 1. The fourth-order valence-corrected chi connectivity index (χ4v) is 1.53. The van der Waals surface area contributed by atoms with Crippen LogP contribution < -0.4 is 5.32 Å². The highest BCUT2D eigenvalue weighted by Gasteiger charge is 2.07. The van der Waals surface area contributed by atoms with Gasteiger partial charge in [0, 0.05) is 31.5 Å². The second-order valence-electron chi connectivity index (χ2n) is 2.52. The molecule has 3 heteroatoms. The van der Waals surface area contributed by atoms with Gasteiger partial charge in [0.1, 0.15) is 0 Å². The molecule has 1 aromatic rings. The lowest BCUT2D eigenvalue weighted by Crippen LogP contribution is -2.27. The van der Waals surface area contributed by atoms with Crippen molar-refractivity contribution in [3.8, 4) is 0 Å². The average molecular weight is 157 g/mol. The fourth-order valence-electron chi connectivity index (χ4n) is 1.29. The topological polar surface area (TPSA) is 17.0 Å². The van der Waals surface area contributed by atoms with Crippen LogP contribution in [-0.4, -0.2) is 11.1 Å². The van der Waals surface area contributed by atoms with Crippen molar-refractivity contribution in [2.45, 2.75) is 13.1 Å². The number of halogens is 1. The van der Waals surface area contributed by atoms with Crippen molar-refractivity contribution in [3.63, 3.8) is 0 Å². The Hall–Kier alpha value is -0.470. The van der Waals surface area contributed by atoms with Gasteiger partial charge in [-0.15, -0.1) is 0 Å². The van der Waals surface area contributed by atoms with Gasteiger partial charge in [0.05, 0.1) is 5.02 Å². The summed E-state index contributed by atoms with van der Waals surface area (Å²) in [6, 6.07) is 2.01. The highest BCUT2D eigenvalue weighted by Crippen LogP contribution is 2.15. The Morgan fingerprint density at radius 2 is 2.50 bits per heavy atom. The fraction of sp³-hybridized carbons (Fsp3) is 0.429. The van der Waals surface area contributed by atoms with E-state index in [0.29, 0.717) is 0 Å². The molecule has 0 unspecified atom stereocenters. The summed E-state index contributed by atoms with van der Waals surface area (Å²) in [6.45, 7) is 3.05. The molecule has 0 radical (unpaired) electrons. The molecule has 0 saturated heterocycles. The minimum atomic E-state index is 0.846. The van der Waals surface area contributed by atoms with Gasteiger partial charge in [0.15, 0.2) is 0 Å². The first-order valence-corrected chi connectivity index (χ1v) is 3.79. The van der Waals surface area contributed by atoms with Gasteiger partial charge in [0.25, 0.3) is 0 Å². The standard InChI is InChI=1S/C7H9ClN2/c8-6-3-7-4-9-1-2-10(7)5-6/h3,5,9H,1-2,4H2. The SMILES string of the molecule is Clc1cc2n(c1)CCNC2. The van der Waals surface area contributed by atoms with Gasteiger partial charge in [-0.3, -0.25) is 0 Å². The summed E-state index contributed by atoms with van der Waals surface area (Å²) < 4.78 is 2.19. The van der Waals surface area contributed by atoms with E-state index in [1.165, 1.54) is 5.69 Å². The van der Waals surface area contributed by atoms with Crippen LogP contribution in [0.25, 0.3) is 0 Å². The normalized spacial score (nSPS) is 16.9. The molecule has 2 rings (SSSR count). The molecule has 0 aromatic carbocycles. The van der Waals surface area contributed by atoms with Gasteiger partial charge in [-0.1, -0.05) is 11.6 Å². The zero-order valence-corrected chi connectivity index (χ0v) is 6.36. The lowest BCUT2D eigenvalue weighted by atomic mass is 10.3. The van der Waals surface area contributed by atoms with Crippen LogP contribution >= 0.6 is 11.6 Å². The van der Waals surface area contributed by atoms with Crippen LogP contribution in [0, 0.1) is 0 Å². The molecule has 1 aliphatic heterocycles. The van der Waals surface area contributed by atoms with E-state index in [1.54, 1.807) is 0 Å². The zero-order valence-electron chi connectivity index (χ0n) is 5.60. The van der Waals surface area contributed by atoms with Crippen molar-refractivity contribution >= 4 is 11.6 Å². The third-order valence-electron chi connectivity index (χ3n) is 1.79. The highest BCUT2D eigenvalue weighted by molar-refractivity contribution is 6.30. The van der Waals surface area contributed by atoms with E-state index in [9.17, 15) is 0 Å². The van der Waals surface area contributed by atoms with Crippen molar-refractivity contribution in [1.82, 2.24) is 9.88 Å². The predicted octanol–water partition coefficient (Wildman–Crippen LogP) is 1.24. The van der Waals surface area contributed by atoms with Crippen LogP contribution in [0.4, 0.5) is 0 Å². The summed E-state index contributed by atoms with van der Waals surface area (Å²) in [6.07, 6.45) is 1.98. The maximum absolute atomic E-state index is 5.80. The Kier molecular flexibility index (Phi) is 1.43. The molecule has 10 heavy (non-hydrogen) atoms. The van der Waals surface area contributed by atoms with Crippen LogP contribution in [0.15, 0.2) is 12.3 Å². The Bertz CT molecular complexity index is 218. The summed E-state index contributed by atoms with van der Waals surface area (Å²) in [4.78, 5) is 0. The molecule has 0 fully saturated rings. The summed E-state index contributed by atoms with van der Waals surface area (Å²) in [5.41, 5.74) is 1.29. The first-order chi connectivity index (χ1) is 4.86. The maximum atomic E-state index is 5.80. The molecule has 0 bridgehead atoms. The molecule has 0 spiro atoms. The van der Waals surface area contributed by atoms with E-state index >= 15 is 0 Å². The van der Waals surface area contributed by atoms with Gasteiger partial charge in [0.2, 0.25) is 0 Å². The Balaban J connectivity index is 2.41. The lowest BCUT2D eigenvalue weighted by Gasteiger charge is -2.15. The van der Waals surface area contributed by atoms with Crippen molar-refractivity contribution in [3.05, 3.63) is 23.0 Å². The van der Waals surface area contributed by atoms with Crippen LogP contribution in [0.3, 0.4) is 0 Å². The van der Waals surface area contributed by atoms with E-state index in [2.05, 4.69) is 9.88 Å². The summed E-state index contributed by atoms with van der Waals surface area (Å²) in [5, 5.41) is 4.12. The molecule has 54 valence electrons. The van der Waals surface area contributed by atoms with Crippen molar-refractivity contribution in [2.24, 2.45) is 0 Å². The minimum absolute atomic E-state index is 0.846. The second kappa shape index (κ2) is 2.29. The third kappa shape index (κ3) is 0.935. The van der Waals surface area contributed by atoms with Crippen molar-refractivity contribution in [1.29, 1.82) is 0 Å². The van der Waals surface area contributed by atoms with Gasteiger partial charge < -0.3 is 9.88 Å². The molecule has 2 heterocycles. The van der Waals surface area contributed by atoms with Gasteiger partial charge >= 0.3 is 0 Å². The van der Waals surface area contributed by atoms with Crippen molar-refractivity contribution in [2.75, 3.05) is 6.54 Å². The number of hydrogen-bond acceptors (Lipinski definition) is 1. The molecule has 0 saturated carbocycles. The van der Waals surface area contributed by atoms with Gasteiger partial charge in [-0.2, -0.15) is 0 Å². The lowest BCUT2D eigenvalue weighted by molar-refractivity contribution is 0.517. The molecule has 0 aliphatic carbocycles. The molecule has 0 atom stereocenters. The van der Waals surface area contributed by atoms with E-state index in [1.807, 2.05) is 12.3 Å². The largest absolute Gasteiger partial charge is 0.347 e. The predicted molar refractivity (Wildman–Crippen MR) is 41.1 cm³/mol. The monoisotopic (exact) mass is 156 g/mol. The number of nitrogens with zero attached hydrogens (tertiary/aromatic N) is 1. The molecule has 2 nitrogen and oxygen atoms in total. The quantitative estimate of drug-likeness (QED) is 0.598.